The van der Waals surface area contributed by atoms with Gasteiger partial charge >= 0.3 is 0 Å². The van der Waals surface area contributed by atoms with E-state index in [4.69, 9.17) is 5.53 Å². The second-order valence-electron chi connectivity index (χ2n) is 3.08. The molecule has 0 aromatic heterocycles. The van der Waals surface area contributed by atoms with E-state index in [9.17, 15) is 4.79 Å². The molecule has 0 atom stereocenters. The molecule has 0 amide bonds. The first-order valence-electron chi connectivity index (χ1n) is 4.30. The van der Waals surface area contributed by atoms with Crippen molar-refractivity contribution in [3.05, 3.63) is 45.8 Å². The van der Waals surface area contributed by atoms with Crippen LogP contribution in [0.15, 0.2) is 29.4 Å². The molecule has 0 saturated heterocycles. The summed E-state index contributed by atoms with van der Waals surface area (Å²) in [6.45, 7) is 1.92. The van der Waals surface area contributed by atoms with Gasteiger partial charge in [0.1, 0.15) is 5.78 Å². The lowest BCUT2D eigenvalue weighted by atomic mass is 10.1. The molecule has 0 heterocycles. The van der Waals surface area contributed by atoms with E-state index in [1.54, 1.807) is 6.92 Å². The van der Waals surface area contributed by atoms with Gasteiger partial charge in [-0.2, -0.15) is 0 Å². The average Bonchev–Trinajstić information content (AvgIpc) is 2.16. The zero-order valence-electron chi connectivity index (χ0n) is 7.97. The van der Waals surface area contributed by atoms with E-state index in [0.717, 1.165) is 11.1 Å². The molecule has 1 aromatic rings. The fraction of sp³-hybridized carbons (Fsp3) is 0.300. The van der Waals surface area contributed by atoms with Gasteiger partial charge in [0.05, 0.1) is 6.54 Å². The van der Waals surface area contributed by atoms with Crippen LogP contribution < -0.4 is 0 Å². The monoisotopic (exact) mass is 189 g/mol. The molecule has 72 valence electrons. The van der Waals surface area contributed by atoms with Gasteiger partial charge in [0.15, 0.2) is 0 Å². The predicted molar refractivity (Wildman–Crippen MR) is 53.7 cm³/mol. The number of carbonyl (C=O) groups excluding carboxylic acids is 1. The molecule has 4 nitrogen and oxygen atoms in total. The van der Waals surface area contributed by atoms with Gasteiger partial charge < -0.3 is 0 Å². The largest absolute Gasteiger partial charge is 0.300 e. The van der Waals surface area contributed by atoms with E-state index in [-0.39, 0.29) is 5.78 Å². The molecule has 0 radical (unpaired) electrons. The van der Waals surface area contributed by atoms with Crippen LogP contribution in [0, 0.1) is 0 Å². The third kappa shape index (κ3) is 3.29. The lowest BCUT2D eigenvalue weighted by Crippen LogP contribution is -1.95. The third-order valence-electron chi connectivity index (χ3n) is 1.79. The summed E-state index contributed by atoms with van der Waals surface area (Å²) in [5.41, 5.74) is 10.1. The fourth-order valence-corrected chi connectivity index (χ4v) is 1.16. The number of ketones is 1. The Morgan fingerprint density at radius 2 is 1.93 bits per heavy atom. The van der Waals surface area contributed by atoms with Gasteiger partial charge in [0, 0.05) is 11.3 Å². The smallest absolute Gasteiger partial charge is 0.134 e. The van der Waals surface area contributed by atoms with Gasteiger partial charge in [-0.3, -0.25) is 4.79 Å². The van der Waals surface area contributed by atoms with Crippen molar-refractivity contribution in [2.75, 3.05) is 0 Å². The Kier molecular flexibility index (Phi) is 3.70. The van der Waals surface area contributed by atoms with E-state index >= 15 is 0 Å². The van der Waals surface area contributed by atoms with Gasteiger partial charge in [0.2, 0.25) is 0 Å². The van der Waals surface area contributed by atoms with Crippen molar-refractivity contribution in [3.8, 4) is 0 Å². The van der Waals surface area contributed by atoms with Crippen LogP contribution in [0.5, 0.6) is 0 Å². The molecular weight excluding hydrogens is 178 g/mol. The van der Waals surface area contributed by atoms with E-state index in [1.807, 2.05) is 24.3 Å². The minimum absolute atomic E-state index is 0.146. The Balaban J connectivity index is 2.68. The van der Waals surface area contributed by atoms with E-state index in [0.29, 0.717) is 13.0 Å². The Morgan fingerprint density at radius 1 is 1.36 bits per heavy atom. The SMILES string of the molecule is CC(=O)Cc1ccc(CN=[N+]=[N-])cc1. The molecule has 0 spiro atoms. The quantitative estimate of drug-likeness (QED) is 0.408. The number of azide groups is 1. The summed E-state index contributed by atoms with van der Waals surface area (Å²) in [7, 11) is 0. The molecule has 0 unspecified atom stereocenters. The Hall–Kier alpha value is -1.80. The normalized spacial score (nSPS) is 9.21. The first-order chi connectivity index (χ1) is 6.72. The molecule has 1 aromatic carbocycles. The van der Waals surface area contributed by atoms with Gasteiger partial charge in [-0.05, 0) is 23.6 Å². The van der Waals surface area contributed by atoms with Crippen molar-refractivity contribution in [2.45, 2.75) is 19.9 Å². The lowest BCUT2D eigenvalue weighted by molar-refractivity contribution is -0.116. The Bertz CT molecular complexity index is 340. The van der Waals surface area contributed by atoms with Crippen molar-refractivity contribution in [1.82, 2.24) is 0 Å². The maximum atomic E-state index is 10.8. The van der Waals surface area contributed by atoms with E-state index < -0.39 is 0 Å². The lowest BCUT2D eigenvalue weighted by Gasteiger charge is -1.99. The summed E-state index contributed by atoms with van der Waals surface area (Å²) < 4.78 is 0. The summed E-state index contributed by atoms with van der Waals surface area (Å²) >= 11 is 0. The maximum Gasteiger partial charge on any atom is 0.134 e. The fourth-order valence-electron chi connectivity index (χ4n) is 1.16. The average molecular weight is 189 g/mol. The third-order valence-corrected chi connectivity index (χ3v) is 1.79. The first-order valence-corrected chi connectivity index (χ1v) is 4.30. The highest BCUT2D eigenvalue weighted by Crippen LogP contribution is 2.06. The Morgan fingerprint density at radius 3 is 2.43 bits per heavy atom. The molecule has 0 aliphatic carbocycles. The zero-order chi connectivity index (χ0) is 10.4. The van der Waals surface area contributed by atoms with Gasteiger partial charge in [-0.1, -0.05) is 29.4 Å². The highest BCUT2D eigenvalue weighted by atomic mass is 16.1. The number of carbonyl (C=O) groups is 1. The second kappa shape index (κ2) is 5.04. The van der Waals surface area contributed by atoms with Crippen LogP contribution in [-0.4, -0.2) is 5.78 Å². The highest BCUT2D eigenvalue weighted by molar-refractivity contribution is 5.78. The van der Waals surface area contributed by atoms with Gasteiger partial charge in [-0.15, -0.1) is 0 Å². The van der Waals surface area contributed by atoms with Crippen molar-refractivity contribution in [2.24, 2.45) is 5.11 Å². The zero-order valence-corrected chi connectivity index (χ0v) is 7.97. The molecule has 0 saturated carbocycles. The van der Waals surface area contributed by atoms with Gasteiger partial charge in [-0.25, -0.2) is 0 Å². The van der Waals surface area contributed by atoms with Crippen LogP contribution >= 0.6 is 0 Å². The summed E-state index contributed by atoms with van der Waals surface area (Å²) in [4.78, 5) is 13.5. The highest BCUT2D eigenvalue weighted by Gasteiger charge is 1.97. The van der Waals surface area contributed by atoms with Crippen LogP contribution in [0.4, 0.5) is 0 Å². The number of hydrogen-bond donors (Lipinski definition) is 0. The molecule has 0 aliphatic heterocycles. The Labute approximate surface area is 82.2 Å². The molecule has 0 aliphatic rings. The predicted octanol–water partition coefficient (Wildman–Crippen LogP) is 2.63. The minimum atomic E-state index is 0.146. The van der Waals surface area contributed by atoms with Crippen LogP contribution in [0.25, 0.3) is 10.4 Å². The van der Waals surface area contributed by atoms with Crippen LogP contribution in [0.2, 0.25) is 0 Å². The molecule has 1 rings (SSSR count). The van der Waals surface area contributed by atoms with Crippen LogP contribution in [-0.2, 0) is 17.8 Å². The first kappa shape index (κ1) is 10.3. The van der Waals surface area contributed by atoms with E-state index in [1.165, 1.54) is 0 Å². The summed E-state index contributed by atoms with van der Waals surface area (Å²) in [5.74, 6) is 0.146. The number of Topliss-reactive ketones (excluding diaryl/α,β-unsaturated/α-hetero) is 1. The van der Waals surface area contributed by atoms with Crippen LogP contribution in [0.3, 0.4) is 0 Å². The number of hydrogen-bond acceptors (Lipinski definition) is 2. The second-order valence-corrected chi connectivity index (χ2v) is 3.08. The topological polar surface area (TPSA) is 65.8 Å². The molecule has 0 bridgehead atoms. The molecule has 14 heavy (non-hydrogen) atoms. The number of benzene rings is 1. The minimum Gasteiger partial charge on any atom is -0.300 e. The molecule has 0 fully saturated rings. The van der Waals surface area contributed by atoms with E-state index in [2.05, 4.69) is 10.0 Å². The van der Waals surface area contributed by atoms with Gasteiger partial charge in [0.25, 0.3) is 0 Å². The summed E-state index contributed by atoms with van der Waals surface area (Å²) in [6.07, 6.45) is 0.460. The molecule has 0 N–H and O–H groups in total. The number of nitrogens with zero attached hydrogens (tertiary/aromatic N) is 3. The summed E-state index contributed by atoms with van der Waals surface area (Å²) in [6, 6.07) is 7.49. The standard InChI is InChI=1S/C10H11N3O/c1-8(14)6-9-2-4-10(5-3-9)7-12-13-11/h2-5H,6-7H2,1H3. The van der Waals surface area contributed by atoms with Crippen molar-refractivity contribution in [1.29, 1.82) is 0 Å². The van der Waals surface area contributed by atoms with Crippen LogP contribution in [0.1, 0.15) is 18.1 Å². The van der Waals surface area contributed by atoms with Crippen molar-refractivity contribution < 1.29 is 4.79 Å². The summed E-state index contributed by atoms with van der Waals surface area (Å²) in [5, 5.41) is 3.45. The van der Waals surface area contributed by atoms with Crippen molar-refractivity contribution in [3.63, 3.8) is 0 Å². The number of rotatable bonds is 4. The molecule has 4 heteroatoms. The van der Waals surface area contributed by atoms with Crippen molar-refractivity contribution >= 4 is 5.78 Å². The maximum absolute atomic E-state index is 10.8. The molecular formula is C10H11N3O.